The topological polar surface area (TPSA) is 179 Å². The number of aryl methyl sites for hydroxylation is 1. The Morgan fingerprint density at radius 2 is 1.76 bits per heavy atom. The van der Waals surface area contributed by atoms with Gasteiger partial charge in [-0.05, 0) is 41.8 Å². The van der Waals surface area contributed by atoms with Crippen LogP contribution in [0.1, 0.15) is 32.1 Å². The Morgan fingerprint density at radius 1 is 1.00 bits per heavy atom. The average Bonchev–Trinajstić information content (AvgIpc) is 3.39. The van der Waals surface area contributed by atoms with Crippen LogP contribution >= 0.6 is 0 Å². The second-order valence-electron chi connectivity index (χ2n) is 9.10. The number of hydrogen-bond donors (Lipinski definition) is 6. The van der Waals surface area contributed by atoms with Crippen molar-refractivity contribution < 1.29 is 39.9 Å². The minimum Gasteiger partial charge on any atom is -0.462 e. The van der Waals surface area contributed by atoms with Crippen molar-refractivity contribution in [3.8, 4) is 17.0 Å². The van der Waals surface area contributed by atoms with Crippen LogP contribution in [0, 0.1) is 0 Å². The van der Waals surface area contributed by atoms with Crippen LogP contribution in [0.25, 0.3) is 22.0 Å². The van der Waals surface area contributed by atoms with Crippen molar-refractivity contribution in [3.63, 3.8) is 0 Å². The molecule has 5 atom stereocenters. The van der Waals surface area contributed by atoms with E-state index in [1.807, 2.05) is 30.5 Å². The van der Waals surface area contributed by atoms with Crippen molar-refractivity contribution in [2.45, 2.75) is 69.4 Å². The molecule has 1 aliphatic rings. The number of benzene rings is 2. The predicted octanol–water partition coefficient (Wildman–Crippen LogP) is 0.733. The van der Waals surface area contributed by atoms with Gasteiger partial charge in [0.05, 0.1) is 12.8 Å². The zero-order valence-electron chi connectivity index (χ0n) is 20.2. The first-order chi connectivity index (χ1) is 17.9. The van der Waals surface area contributed by atoms with E-state index in [1.165, 1.54) is 0 Å². The summed E-state index contributed by atoms with van der Waals surface area (Å²) >= 11 is 0. The number of aromatic nitrogens is 3. The van der Waals surface area contributed by atoms with Crippen molar-refractivity contribution >= 4 is 16.7 Å². The summed E-state index contributed by atoms with van der Waals surface area (Å²) in [7, 11) is 0. The van der Waals surface area contributed by atoms with Gasteiger partial charge in [-0.3, -0.25) is 14.7 Å². The second kappa shape index (κ2) is 12.4. The Bertz CT molecular complexity index is 1190. The average molecular weight is 517 g/mol. The van der Waals surface area contributed by atoms with Crippen LogP contribution in [0.5, 0.6) is 5.75 Å². The van der Waals surface area contributed by atoms with Gasteiger partial charge in [0, 0.05) is 18.5 Å². The zero-order valence-corrected chi connectivity index (χ0v) is 20.2. The van der Waals surface area contributed by atoms with Crippen molar-refractivity contribution in [1.29, 1.82) is 0 Å². The Morgan fingerprint density at radius 3 is 2.54 bits per heavy atom. The van der Waals surface area contributed by atoms with Crippen LogP contribution < -0.4 is 10.2 Å². The summed E-state index contributed by atoms with van der Waals surface area (Å²) in [5.41, 5.74) is 3.27. The molecule has 0 unspecified atom stereocenters. The molecule has 0 bridgehead atoms. The van der Waals surface area contributed by atoms with Crippen LogP contribution in [0.2, 0.25) is 0 Å². The first kappa shape index (κ1) is 26.9. The number of nitrogens with one attached hydrogen (secondary N) is 1. The minimum absolute atomic E-state index is 0.313. The van der Waals surface area contributed by atoms with Gasteiger partial charge < -0.3 is 29.9 Å². The van der Waals surface area contributed by atoms with Gasteiger partial charge in [-0.1, -0.05) is 36.3 Å². The lowest BCUT2D eigenvalue weighted by Crippen LogP contribution is -2.60. The first-order valence-corrected chi connectivity index (χ1v) is 12.2. The van der Waals surface area contributed by atoms with E-state index >= 15 is 0 Å². The normalized spacial score (nSPS) is 23.8. The number of aliphatic hydroxyl groups excluding tert-OH is 4. The van der Waals surface area contributed by atoms with Gasteiger partial charge in [0.25, 0.3) is 0 Å². The highest BCUT2D eigenvalue weighted by Gasteiger charge is 2.44. The molecule has 1 amide bonds. The lowest BCUT2D eigenvalue weighted by atomic mass is 9.99. The summed E-state index contributed by atoms with van der Waals surface area (Å²) in [6.07, 6.45) is -1.07. The van der Waals surface area contributed by atoms with E-state index in [0.717, 1.165) is 47.7 Å². The number of ether oxygens (including phenoxy) is 2. The maximum absolute atomic E-state index is 11.0. The van der Waals surface area contributed by atoms with E-state index in [9.17, 15) is 25.2 Å². The molecule has 0 radical (unpaired) electrons. The maximum Gasteiger partial charge on any atom is 0.243 e. The number of hydroxylamine groups is 1. The summed E-state index contributed by atoms with van der Waals surface area (Å²) in [6.45, 7) is 0.187. The molecule has 1 aliphatic heterocycles. The number of amides is 1. The number of carbonyl (C=O) groups is 1. The largest absolute Gasteiger partial charge is 0.462 e. The number of fused-ring (bicyclic) bond motifs is 1. The number of nitrogens with zero attached hydrogens (tertiary/aromatic N) is 3. The van der Waals surface area contributed by atoms with Crippen molar-refractivity contribution in [2.75, 3.05) is 6.61 Å². The highest BCUT2D eigenvalue weighted by atomic mass is 16.7. The molecule has 2 aromatic carbocycles. The molecule has 1 aromatic heterocycles. The summed E-state index contributed by atoms with van der Waals surface area (Å²) in [6, 6.07) is 11.1. The summed E-state index contributed by atoms with van der Waals surface area (Å²) < 4.78 is 12.9. The molecule has 1 saturated heterocycles. The van der Waals surface area contributed by atoms with Crippen molar-refractivity contribution in [3.05, 3.63) is 42.6 Å². The maximum atomic E-state index is 11.0. The third-order valence-electron chi connectivity index (χ3n) is 6.41. The Kier molecular flexibility index (Phi) is 9.03. The Labute approximate surface area is 213 Å². The van der Waals surface area contributed by atoms with E-state index in [4.69, 9.17) is 14.7 Å². The smallest absolute Gasteiger partial charge is 0.243 e. The number of aliphatic hydroxyl groups is 4. The summed E-state index contributed by atoms with van der Waals surface area (Å²) in [4.78, 5) is 11.0. The Balaban J connectivity index is 1.35. The molecular weight excluding hydrogens is 484 g/mol. The SMILES string of the molecule is O=C(CCCCCCn1cc(-c2ccc3cc(O[C@@H]4O[C@H](CO)[C@@H](O)[C@H](O)[C@H]4O)ccc3c2)nn1)NO. The standard InChI is InChI=1S/C25H32N4O8/c30-14-20-22(32)23(33)24(34)25(37-20)36-18-9-8-15-11-17(7-6-16(15)12-18)19-13-29(28-26-19)10-4-2-1-3-5-21(31)27-35/h6-9,11-13,20,22-25,30,32-35H,1-5,10,14H2,(H,27,31)/t20-,22-,23+,24-,25-/m1/s1. The van der Waals surface area contributed by atoms with Gasteiger partial charge in [-0.2, -0.15) is 0 Å². The molecule has 12 nitrogen and oxygen atoms in total. The molecule has 6 N–H and O–H groups in total. The molecule has 2 heterocycles. The van der Waals surface area contributed by atoms with Gasteiger partial charge in [-0.15, -0.1) is 5.10 Å². The summed E-state index contributed by atoms with van der Waals surface area (Å²) in [5.74, 6) is 0.0290. The lowest BCUT2D eigenvalue weighted by molar-refractivity contribution is -0.277. The van der Waals surface area contributed by atoms with Crippen LogP contribution in [0.4, 0.5) is 0 Å². The van der Waals surface area contributed by atoms with E-state index < -0.39 is 37.3 Å². The van der Waals surface area contributed by atoms with Crippen LogP contribution in [-0.2, 0) is 16.1 Å². The molecule has 200 valence electrons. The van der Waals surface area contributed by atoms with Gasteiger partial charge in [-0.25, -0.2) is 5.48 Å². The molecule has 37 heavy (non-hydrogen) atoms. The molecule has 1 fully saturated rings. The number of hydrogen-bond acceptors (Lipinski definition) is 10. The fourth-order valence-electron chi connectivity index (χ4n) is 4.26. The van der Waals surface area contributed by atoms with Crippen molar-refractivity contribution in [2.24, 2.45) is 0 Å². The highest BCUT2D eigenvalue weighted by Crippen LogP contribution is 2.29. The molecule has 4 rings (SSSR count). The molecule has 0 aliphatic carbocycles. The Hall–Kier alpha value is -3.13. The first-order valence-electron chi connectivity index (χ1n) is 12.2. The number of unbranched alkanes of at least 4 members (excludes halogenated alkanes) is 3. The third-order valence-corrected chi connectivity index (χ3v) is 6.41. The van der Waals surface area contributed by atoms with E-state index in [1.54, 1.807) is 22.3 Å². The number of rotatable bonds is 11. The van der Waals surface area contributed by atoms with Gasteiger partial charge >= 0.3 is 0 Å². The number of carbonyl (C=O) groups excluding carboxylic acids is 1. The lowest BCUT2D eigenvalue weighted by Gasteiger charge is -2.39. The van der Waals surface area contributed by atoms with Crippen molar-refractivity contribution in [1.82, 2.24) is 20.5 Å². The minimum atomic E-state index is -1.51. The van der Waals surface area contributed by atoms with Gasteiger partial charge in [0.1, 0.15) is 35.9 Å². The van der Waals surface area contributed by atoms with Crippen LogP contribution in [-0.4, -0.2) is 83.8 Å². The predicted molar refractivity (Wildman–Crippen MR) is 130 cm³/mol. The molecule has 0 saturated carbocycles. The highest BCUT2D eigenvalue weighted by molar-refractivity contribution is 5.87. The zero-order chi connectivity index (χ0) is 26.4. The molecule has 12 heteroatoms. The summed E-state index contributed by atoms with van der Waals surface area (Å²) in [5, 5.41) is 58.2. The van der Waals surface area contributed by atoms with Gasteiger partial charge in [0.2, 0.25) is 12.2 Å². The molecule has 3 aromatic rings. The van der Waals surface area contributed by atoms with E-state index in [2.05, 4.69) is 10.3 Å². The monoisotopic (exact) mass is 516 g/mol. The van der Waals surface area contributed by atoms with Crippen LogP contribution in [0.15, 0.2) is 42.6 Å². The quantitative estimate of drug-likeness (QED) is 0.121. The molecule has 0 spiro atoms. The second-order valence-corrected chi connectivity index (χ2v) is 9.10. The van der Waals surface area contributed by atoms with Crippen LogP contribution in [0.3, 0.4) is 0 Å². The van der Waals surface area contributed by atoms with E-state index in [-0.39, 0.29) is 5.91 Å². The fourth-order valence-corrected chi connectivity index (χ4v) is 4.26. The van der Waals surface area contributed by atoms with Gasteiger partial charge in [0.15, 0.2) is 0 Å². The fraction of sp³-hybridized carbons (Fsp3) is 0.480. The molecular formula is C25H32N4O8. The third kappa shape index (κ3) is 6.60. The van der Waals surface area contributed by atoms with E-state index in [0.29, 0.717) is 18.7 Å².